The molecule has 0 radical (unpaired) electrons. The summed E-state index contributed by atoms with van der Waals surface area (Å²) >= 11 is 0. The molecule has 0 saturated carbocycles. The Bertz CT molecular complexity index is 1420. The molecule has 8 heteroatoms. The van der Waals surface area contributed by atoms with Crippen molar-refractivity contribution in [3.05, 3.63) is 83.4 Å². The number of carbonyl (C=O) groups is 1. The third kappa shape index (κ3) is 4.68. The molecule has 8 nitrogen and oxygen atoms in total. The summed E-state index contributed by atoms with van der Waals surface area (Å²) in [7, 11) is 0. The first-order valence-electron chi connectivity index (χ1n) is 12.4. The van der Waals surface area contributed by atoms with Gasteiger partial charge in [-0.15, -0.1) is 10.2 Å². The first-order chi connectivity index (χ1) is 18.1. The predicted molar refractivity (Wildman–Crippen MR) is 137 cm³/mol. The van der Waals surface area contributed by atoms with Crippen molar-refractivity contribution in [2.45, 2.75) is 25.2 Å². The lowest BCUT2D eigenvalue weighted by molar-refractivity contribution is 0.0486. The summed E-state index contributed by atoms with van der Waals surface area (Å²) in [6.45, 7) is 4.05. The van der Waals surface area contributed by atoms with Crippen LogP contribution in [0.25, 0.3) is 22.9 Å². The topological polar surface area (TPSA) is 95.7 Å². The van der Waals surface area contributed by atoms with Crippen LogP contribution in [0.1, 0.15) is 34.3 Å². The maximum atomic E-state index is 13.1. The summed E-state index contributed by atoms with van der Waals surface area (Å²) in [5.41, 5.74) is 4.20. The number of fused-ring (bicyclic) bond motifs is 1. The number of benzene rings is 3. The molecule has 0 bridgehead atoms. The summed E-state index contributed by atoms with van der Waals surface area (Å²) in [5, 5.41) is 11.5. The van der Waals surface area contributed by atoms with Gasteiger partial charge in [-0.2, -0.15) is 0 Å². The van der Waals surface area contributed by atoms with Gasteiger partial charge in [0.15, 0.2) is 11.5 Å². The van der Waals surface area contributed by atoms with Crippen molar-refractivity contribution in [3.63, 3.8) is 0 Å². The molecule has 1 saturated heterocycles. The molecule has 1 N–H and O–H groups in total. The van der Waals surface area contributed by atoms with E-state index in [1.165, 1.54) is 0 Å². The van der Waals surface area contributed by atoms with E-state index in [-0.39, 0.29) is 18.1 Å². The molecule has 1 aromatic heterocycles. The van der Waals surface area contributed by atoms with E-state index in [1.807, 2.05) is 55.5 Å². The number of carbonyl (C=O) groups excluding carboxylic acids is 1. The Labute approximate surface area is 214 Å². The maximum absolute atomic E-state index is 13.1. The van der Waals surface area contributed by atoms with E-state index >= 15 is 0 Å². The van der Waals surface area contributed by atoms with Crippen LogP contribution in [0.2, 0.25) is 0 Å². The number of ether oxygens (including phenoxy) is 3. The van der Waals surface area contributed by atoms with Gasteiger partial charge < -0.3 is 23.9 Å². The van der Waals surface area contributed by atoms with E-state index in [0.717, 1.165) is 46.6 Å². The van der Waals surface area contributed by atoms with Crippen molar-refractivity contribution >= 4 is 5.91 Å². The van der Waals surface area contributed by atoms with Crippen LogP contribution in [-0.2, 0) is 10.2 Å². The van der Waals surface area contributed by atoms with Crippen LogP contribution >= 0.6 is 0 Å². The van der Waals surface area contributed by atoms with Gasteiger partial charge in [-0.1, -0.05) is 23.8 Å². The lowest BCUT2D eigenvalue weighted by Crippen LogP contribution is -2.44. The first kappa shape index (κ1) is 23.2. The fourth-order valence-corrected chi connectivity index (χ4v) is 4.91. The molecule has 1 amide bonds. The van der Waals surface area contributed by atoms with E-state index in [4.69, 9.17) is 18.6 Å². The highest BCUT2D eigenvalue weighted by molar-refractivity contribution is 5.94. The van der Waals surface area contributed by atoms with Crippen LogP contribution in [0.5, 0.6) is 11.5 Å². The molecule has 188 valence electrons. The van der Waals surface area contributed by atoms with Crippen molar-refractivity contribution in [2.24, 2.45) is 0 Å². The molecule has 0 spiro atoms. The molecule has 1 fully saturated rings. The number of aromatic nitrogens is 2. The molecular formula is C29H27N3O5. The zero-order valence-electron chi connectivity index (χ0n) is 20.5. The van der Waals surface area contributed by atoms with Gasteiger partial charge in [0, 0.05) is 41.9 Å². The van der Waals surface area contributed by atoms with Crippen molar-refractivity contribution in [3.8, 4) is 34.4 Å². The second kappa shape index (κ2) is 9.71. The second-order valence-electron chi connectivity index (χ2n) is 9.50. The molecule has 2 aliphatic rings. The molecule has 0 atom stereocenters. The lowest BCUT2D eigenvalue weighted by Gasteiger charge is -2.38. The molecule has 2 aliphatic heterocycles. The summed E-state index contributed by atoms with van der Waals surface area (Å²) in [4.78, 5) is 13.1. The summed E-state index contributed by atoms with van der Waals surface area (Å²) in [6, 6.07) is 21.1. The van der Waals surface area contributed by atoms with E-state index < -0.39 is 0 Å². The minimum absolute atomic E-state index is 0.135. The third-order valence-electron chi connectivity index (χ3n) is 7.11. The van der Waals surface area contributed by atoms with Crippen molar-refractivity contribution < 1.29 is 23.4 Å². The predicted octanol–water partition coefficient (Wildman–Crippen LogP) is 4.92. The van der Waals surface area contributed by atoms with Crippen LogP contribution in [0.4, 0.5) is 0 Å². The molecular weight excluding hydrogens is 470 g/mol. The Hall–Kier alpha value is -4.17. The van der Waals surface area contributed by atoms with Crippen LogP contribution < -0.4 is 14.8 Å². The highest BCUT2D eigenvalue weighted by Gasteiger charge is 2.36. The van der Waals surface area contributed by atoms with Crippen LogP contribution in [0, 0.1) is 6.92 Å². The highest BCUT2D eigenvalue weighted by Crippen LogP contribution is 2.40. The van der Waals surface area contributed by atoms with Gasteiger partial charge in [-0.25, -0.2) is 0 Å². The Morgan fingerprint density at radius 2 is 1.65 bits per heavy atom. The smallest absolute Gasteiger partial charge is 0.251 e. The van der Waals surface area contributed by atoms with Crippen LogP contribution in [-0.4, -0.2) is 42.7 Å². The Kier molecular flexibility index (Phi) is 6.10. The quantitative estimate of drug-likeness (QED) is 0.404. The first-order valence-corrected chi connectivity index (χ1v) is 12.4. The van der Waals surface area contributed by atoms with Gasteiger partial charge in [0.1, 0.15) is 0 Å². The largest absolute Gasteiger partial charge is 0.454 e. The fraction of sp³-hybridized carbons (Fsp3) is 0.276. The number of rotatable bonds is 6. The van der Waals surface area contributed by atoms with Gasteiger partial charge in [-0.05, 0) is 73.9 Å². The van der Waals surface area contributed by atoms with Crippen molar-refractivity contribution in [1.82, 2.24) is 15.5 Å². The summed E-state index contributed by atoms with van der Waals surface area (Å²) < 4.78 is 22.6. The minimum atomic E-state index is -0.231. The summed E-state index contributed by atoms with van der Waals surface area (Å²) in [5.74, 6) is 2.24. The van der Waals surface area contributed by atoms with Gasteiger partial charge in [0.25, 0.3) is 5.91 Å². The summed E-state index contributed by atoms with van der Waals surface area (Å²) in [6.07, 6.45) is 1.62. The molecule has 3 aromatic carbocycles. The Balaban J connectivity index is 1.16. The normalized spacial score (nSPS) is 15.9. The molecule has 37 heavy (non-hydrogen) atoms. The van der Waals surface area contributed by atoms with Crippen LogP contribution in [0.15, 0.2) is 71.1 Å². The van der Waals surface area contributed by atoms with E-state index in [1.54, 1.807) is 12.1 Å². The van der Waals surface area contributed by atoms with Crippen molar-refractivity contribution in [1.29, 1.82) is 0 Å². The number of nitrogens with one attached hydrogen (secondary N) is 1. The molecule has 0 aliphatic carbocycles. The minimum Gasteiger partial charge on any atom is -0.454 e. The average Bonchev–Trinajstić information content (AvgIpc) is 3.62. The zero-order valence-corrected chi connectivity index (χ0v) is 20.5. The van der Waals surface area contributed by atoms with Gasteiger partial charge in [-0.3, -0.25) is 4.79 Å². The number of amides is 1. The van der Waals surface area contributed by atoms with E-state index in [9.17, 15) is 4.79 Å². The van der Waals surface area contributed by atoms with E-state index in [0.29, 0.717) is 37.1 Å². The van der Waals surface area contributed by atoms with Crippen molar-refractivity contribution in [2.75, 3.05) is 26.6 Å². The molecule has 4 aromatic rings. The number of nitrogens with zero attached hydrogens (tertiary/aromatic N) is 2. The van der Waals surface area contributed by atoms with Gasteiger partial charge >= 0.3 is 0 Å². The molecule has 6 rings (SSSR count). The SMILES string of the molecule is Cc1cccc(-c2nnc(-c3ccc(C(=O)NCC4(c5ccc6c(c5)OCO6)CCOCC4)cc3)o2)c1. The standard InChI is InChI=1S/C29H27N3O5/c1-19-3-2-4-22(15-19)28-32-31-27(37-28)21-7-5-20(6-8-21)26(33)30-17-29(11-13-34-14-12-29)23-9-10-24-25(16-23)36-18-35-24/h2-10,15-16H,11-14,17-18H2,1H3,(H,30,33). The maximum Gasteiger partial charge on any atom is 0.251 e. The number of hydrogen-bond acceptors (Lipinski definition) is 7. The lowest BCUT2D eigenvalue weighted by atomic mass is 9.74. The zero-order chi connectivity index (χ0) is 25.2. The Morgan fingerprint density at radius 3 is 2.43 bits per heavy atom. The number of aryl methyl sites for hydroxylation is 1. The Morgan fingerprint density at radius 1 is 0.892 bits per heavy atom. The monoisotopic (exact) mass is 497 g/mol. The van der Waals surface area contributed by atoms with Crippen LogP contribution in [0.3, 0.4) is 0 Å². The second-order valence-corrected chi connectivity index (χ2v) is 9.50. The number of hydrogen-bond donors (Lipinski definition) is 1. The highest BCUT2D eigenvalue weighted by atomic mass is 16.7. The van der Waals surface area contributed by atoms with E-state index in [2.05, 4.69) is 21.6 Å². The third-order valence-corrected chi connectivity index (χ3v) is 7.11. The molecule has 3 heterocycles. The van der Waals surface area contributed by atoms with Gasteiger partial charge in [0.05, 0.1) is 0 Å². The fourth-order valence-electron chi connectivity index (χ4n) is 4.91. The molecule has 0 unspecified atom stereocenters. The average molecular weight is 498 g/mol. The van der Waals surface area contributed by atoms with Gasteiger partial charge in [0.2, 0.25) is 18.6 Å².